The van der Waals surface area contributed by atoms with Gasteiger partial charge in [-0.15, -0.1) is 10.2 Å². The zero-order chi connectivity index (χ0) is 20.1. The number of aromatic nitrogens is 2. The summed E-state index contributed by atoms with van der Waals surface area (Å²) in [6.45, 7) is 3.06. The first-order valence-electron chi connectivity index (χ1n) is 8.74. The van der Waals surface area contributed by atoms with E-state index in [2.05, 4.69) is 10.2 Å². The molecule has 8 nitrogen and oxygen atoms in total. The minimum atomic E-state index is -3.53. The van der Waals surface area contributed by atoms with Crippen LogP contribution in [0.15, 0.2) is 44.9 Å². The summed E-state index contributed by atoms with van der Waals surface area (Å²) < 4.78 is 32.3. The molecule has 2 aromatic rings. The molecule has 11 heteroatoms. The number of rotatable bonds is 7. The van der Waals surface area contributed by atoms with Gasteiger partial charge in [0.25, 0.3) is 5.22 Å². The highest BCUT2D eigenvalue weighted by Crippen LogP contribution is 2.25. The smallest absolute Gasteiger partial charge is 0.277 e. The van der Waals surface area contributed by atoms with Gasteiger partial charge in [-0.2, -0.15) is 16.1 Å². The summed E-state index contributed by atoms with van der Waals surface area (Å²) in [7, 11) is -3.53. The predicted octanol–water partition coefficient (Wildman–Crippen LogP) is 1.95. The van der Waals surface area contributed by atoms with Crippen molar-refractivity contribution >= 4 is 39.5 Å². The van der Waals surface area contributed by atoms with Crippen LogP contribution in [0.25, 0.3) is 0 Å². The van der Waals surface area contributed by atoms with Gasteiger partial charge in [0.15, 0.2) is 0 Å². The van der Waals surface area contributed by atoms with Crippen LogP contribution in [0.2, 0.25) is 0 Å². The lowest BCUT2D eigenvalue weighted by Crippen LogP contribution is -2.52. The van der Waals surface area contributed by atoms with Gasteiger partial charge in [0, 0.05) is 26.2 Å². The Balaban J connectivity index is 1.55. The van der Waals surface area contributed by atoms with E-state index in [9.17, 15) is 13.2 Å². The highest BCUT2D eigenvalue weighted by Gasteiger charge is 2.32. The Morgan fingerprint density at radius 2 is 1.86 bits per heavy atom. The molecule has 1 unspecified atom stereocenters. The second-order valence-corrected chi connectivity index (χ2v) is 10.3. The third-order valence-electron chi connectivity index (χ3n) is 4.27. The summed E-state index contributed by atoms with van der Waals surface area (Å²) in [5.41, 5.74) is 0. The molecule has 3 rings (SSSR count). The summed E-state index contributed by atoms with van der Waals surface area (Å²) >= 11 is 2.80. The average Bonchev–Trinajstić information content (AvgIpc) is 3.15. The molecular weight excluding hydrogens is 420 g/mol. The van der Waals surface area contributed by atoms with Crippen LogP contribution in [0.1, 0.15) is 12.8 Å². The van der Waals surface area contributed by atoms with Gasteiger partial charge in [0.05, 0.1) is 15.9 Å². The van der Waals surface area contributed by atoms with Crippen LogP contribution in [-0.4, -0.2) is 71.4 Å². The van der Waals surface area contributed by atoms with Crippen LogP contribution >= 0.6 is 23.5 Å². The molecule has 28 heavy (non-hydrogen) atoms. The van der Waals surface area contributed by atoms with Crippen LogP contribution in [-0.2, 0) is 20.6 Å². The number of hydrogen-bond donors (Lipinski definition) is 0. The molecular formula is C17H22N4O4S3. The van der Waals surface area contributed by atoms with Gasteiger partial charge >= 0.3 is 0 Å². The van der Waals surface area contributed by atoms with Gasteiger partial charge in [-0.25, -0.2) is 8.42 Å². The predicted molar refractivity (Wildman–Crippen MR) is 109 cm³/mol. The fourth-order valence-corrected chi connectivity index (χ4v) is 5.41. The second kappa shape index (κ2) is 9.29. The largest absolute Gasteiger partial charge is 0.415 e. The standard InChI is InChI=1S/C17H22N4O4S3/c1-13(27-17-19-18-15(25-17)12-26-2)16(22)20-8-10-21(11-9-20)28(23,24)14-6-4-3-5-7-14/h3-7,13H,8-12H2,1-2H3. The Labute approximate surface area is 173 Å². The molecule has 0 spiro atoms. The van der Waals surface area contributed by atoms with Crippen LogP contribution in [0.3, 0.4) is 0 Å². The van der Waals surface area contributed by atoms with E-state index in [0.29, 0.717) is 30.0 Å². The van der Waals surface area contributed by atoms with Gasteiger partial charge < -0.3 is 9.32 Å². The van der Waals surface area contributed by atoms with E-state index in [0.717, 1.165) is 0 Å². The van der Waals surface area contributed by atoms with Crippen molar-refractivity contribution in [2.24, 2.45) is 0 Å². The lowest BCUT2D eigenvalue weighted by atomic mass is 10.3. The Morgan fingerprint density at radius 3 is 2.50 bits per heavy atom. The van der Waals surface area contributed by atoms with Crippen molar-refractivity contribution < 1.29 is 17.6 Å². The highest BCUT2D eigenvalue weighted by atomic mass is 32.2. The normalized spacial score (nSPS) is 16.9. The summed E-state index contributed by atoms with van der Waals surface area (Å²) in [5, 5.41) is 7.88. The Morgan fingerprint density at radius 1 is 1.18 bits per heavy atom. The number of thioether (sulfide) groups is 2. The zero-order valence-electron chi connectivity index (χ0n) is 15.6. The van der Waals surface area contributed by atoms with Crippen LogP contribution < -0.4 is 0 Å². The van der Waals surface area contributed by atoms with E-state index in [-0.39, 0.29) is 29.1 Å². The van der Waals surface area contributed by atoms with Crippen molar-refractivity contribution in [2.45, 2.75) is 28.0 Å². The van der Waals surface area contributed by atoms with Crippen LogP contribution in [0.5, 0.6) is 0 Å². The number of hydrogen-bond acceptors (Lipinski definition) is 8. The number of carbonyl (C=O) groups excluding carboxylic acids is 1. The first-order chi connectivity index (χ1) is 13.4. The van der Waals surface area contributed by atoms with E-state index in [1.165, 1.54) is 16.1 Å². The molecule has 1 aromatic heterocycles. The minimum absolute atomic E-state index is 0.0635. The quantitative estimate of drug-likeness (QED) is 0.600. The molecule has 0 saturated carbocycles. The van der Waals surface area contributed by atoms with Crippen molar-refractivity contribution in [1.29, 1.82) is 0 Å². The molecule has 1 aliphatic heterocycles. The zero-order valence-corrected chi connectivity index (χ0v) is 18.1. The maximum absolute atomic E-state index is 12.7. The number of sulfonamides is 1. The number of benzene rings is 1. The molecule has 1 atom stereocenters. The first-order valence-corrected chi connectivity index (χ1v) is 12.4. The van der Waals surface area contributed by atoms with Gasteiger partial charge in [-0.05, 0) is 25.3 Å². The van der Waals surface area contributed by atoms with Gasteiger partial charge in [-0.3, -0.25) is 4.79 Å². The first kappa shape index (κ1) is 21.2. The number of carbonyl (C=O) groups is 1. The van der Waals surface area contributed by atoms with Crippen LogP contribution in [0, 0.1) is 0 Å². The number of piperazine rings is 1. The molecule has 0 bridgehead atoms. The Hall–Kier alpha value is -1.56. The third kappa shape index (κ3) is 4.88. The molecule has 1 saturated heterocycles. The molecule has 1 aromatic carbocycles. The Bertz CT molecular complexity index is 896. The monoisotopic (exact) mass is 442 g/mol. The van der Waals surface area contributed by atoms with Gasteiger partial charge in [0.1, 0.15) is 0 Å². The molecule has 152 valence electrons. The lowest BCUT2D eigenvalue weighted by Gasteiger charge is -2.35. The maximum Gasteiger partial charge on any atom is 0.277 e. The topological polar surface area (TPSA) is 96.6 Å². The van der Waals surface area contributed by atoms with Crippen LogP contribution in [0.4, 0.5) is 0 Å². The van der Waals surface area contributed by atoms with Crippen molar-refractivity contribution in [3.8, 4) is 0 Å². The second-order valence-electron chi connectivity index (χ2n) is 6.20. The van der Waals surface area contributed by atoms with Crippen molar-refractivity contribution in [3.05, 3.63) is 36.2 Å². The van der Waals surface area contributed by atoms with E-state index in [1.807, 2.05) is 6.26 Å². The lowest BCUT2D eigenvalue weighted by molar-refractivity contribution is -0.131. The molecule has 0 N–H and O–H groups in total. The summed E-state index contributed by atoms with van der Waals surface area (Å²) in [6.07, 6.45) is 1.95. The maximum atomic E-state index is 12.7. The van der Waals surface area contributed by atoms with Crippen molar-refractivity contribution in [2.75, 3.05) is 32.4 Å². The van der Waals surface area contributed by atoms with Crippen molar-refractivity contribution in [3.63, 3.8) is 0 Å². The van der Waals surface area contributed by atoms with E-state index >= 15 is 0 Å². The van der Waals surface area contributed by atoms with Gasteiger partial charge in [0.2, 0.25) is 21.8 Å². The van der Waals surface area contributed by atoms with E-state index in [4.69, 9.17) is 4.42 Å². The summed E-state index contributed by atoms with van der Waals surface area (Å²) in [6, 6.07) is 8.35. The molecule has 0 aliphatic carbocycles. The van der Waals surface area contributed by atoms with Crippen molar-refractivity contribution in [1.82, 2.24) is 19.4 Å². The molecule has 1 aliphatic rings. The fraction of sp³-hybridized carbons (Fsp3) is 0.471. The number of amides is 1. The molecule has 1 amide bonds. The highest BCUT2D eigenvalue weighted by molar-refractivity contribution is 8.00. The van der Waals surface area contributed by atoms with Gasteiger partial charge in [-0.1, -0.05) is 30.0 Å². The molecule has 1 fully saturated rings. The SMILES string of the molecule is CSCc1nnc(SC(C)C(=O)N2CCN(S(=O)(=O)c3ccccc3)CC2)o1. The third-order valence-corrected chi connectivity index (χ3v) is 7.64. The fourth-order valence-electron chi connectivity index (χ4n) is 2.82. The number of nitrogens with zero attached hydrogens (tertiary/aromatic N) is 4. The minimum Gasteiger partial charge on any atom is -0.415 e. The Kier molecular flexibility index (Phi) is 7.02. The molecule has 0 radical (unpaired) electrons. The van der Waals surface area contributed by atoms with E-state index < -0.39 is 10.0 Å². The summed E-state index contributed by atoms with van der Waals surface area (Å²) in [4.78, 5) is 14.7. The average molecular weight is 443 g/mol. The summed E-state index contributed by atoms with van der Waals surface area (Å²) in [5.74, 6) is 1.11. The molecule has 2 heterocycles. The van der Waals surface area contributed by atoms with E-state index in [1.54, 1.807) is 53.9 Å².